The molecule has 7 rings (SSSR count). The van der Waals surface area contributed by atoms with Crippen molar-refractivity contribution in [2.45, 2.75) is 50.7 Å². The van der Waals surface area contributed by atoms with E-state index in [0.717, 1.165) is 41.5 Å². The first kappa shape index (κ1) is 25.5. The Hall–Kier alpha value is -4.44. The van der Waals surface area contributed by atoms with Gasteiger partial charge in [0.15, 0.2) is 5.76 Å². The summed E-state index contributed by atoms with van der Waals surface area (Å²) in [5.74, 6) is -1.67. The SMILES string of the molecule is NC(=O)C[C@@H](c1oc(CN2C[C@H]3C[C@@H](C2)c2cccc(=O)n2C3)cc(=O)c1O)c1cc2cccc3c2n(c1=O)CC3. The number of pyridine rings is 2. The van der Waals surface area contributed by atoms with Crippen molar-refractivity contribution in [1.29, 1.82) is 0 Å². The van der Waals surface area contributed by atoms with Crippen LogP contribution >= 0.6 is 0 Å². The average molecular weight is 555 g/mol. The fourth-order valence-corrected chi connectivity index (χ4v) is 7.20. The first-order valence-corrected chi connectivity index (χ1v) is 14.0. The summed E-state index contributed by atoms with van der Waals surface area (Å²) in [5, 5.41) is 11.7. The van der Waals surface area contributed by atoms with E-state index < -0.39 is 23.0 Å². The van der Waals surface area contributed by atoms with E-state index in [1.54, 1.807) is 22.8 Å². The van der Waals surface area contributed by atoms with Crippen molar-refractivity contribution in [3.8, 4) is 5.75 Å². The van der Waals surface area contributed by atoms with Gasteiger partial charge in [-0.3, -0.25) is 24.1 Å². The van der Waals surface area contributed by atoms with Crippen molar-refractivity contribution in [2.75, 3.05) is 13.1 Å². The molecule has 41 heavy (non-hydrogen) atoms. The number of nitrogens with two attached hydrogens (primary N) is 1. The average Bonchev–Trinajstić information content (AvgIpc) is 3.38. The maximum Gasteiger partial charge on any atom is 0.255 e. The van der Waals surface area contributed by atoms with Gasteiger partial charge in [0.1, 0.15) is 5.76 Å². The summed E-state index contributed by atoms with van der Waals surface area (Å²) in [6, 6.07) is 14.2. The molecule has 1 fully saturated rings. The molecule has 1 amide bonds. The number of aromatic hydroxyl groups is 1. The number of benzene rings is 1. The van der Waals surface area contributed by atoms with Gasteiger partial charge in [-0.2, -0.15) is 0 Å². The molecular weight excluding hydrogens is 524 g/mol. The van der Waals surface area contributed by atoms with Crippen LogP contribution in [0.1, 0.15) is 53.0 Å². The maximum atomic E-state index is 13.7. The molecule has 0 radical (unpaired) electrons. The first-order chi connectivity index (χ1) is 19.8. The van der Waals surface area contributed by atoms with Crippen LogP contribution < -0.4 is 22.3 Å². The molecule has 3 N–H and O–H groups in total. The highest BCUT2D eigenvalue weighted by Gasteiger charge is 2.35. The summed E-state index contributed by atoms with van der Waals surface area (Å²) in [6.45, 7) is 2.86. The van der Waals surface area contributed by atoms with E-state index in [1.807, 2.05) is 28.8 Å². The molecule has 3 aliphatic rings. The minimum atomic E-state index is -1.02. The fraction of sp³-hybridized carbons (Fsp3) is 0.355. The summed E-state index contributed by atoms with van der Waals surface area (Å²) < 4.78 is 9.71. The van der Waals surface area contributed by atoms with Crippen LogP contribution in [0.3, 0.4) is 0 Å². The molecular formula is C31H30N4O6. The van der Waals surface area contributed by atoms with Gasteiger partial charge in [0, 0.05) is 61.9 Å². The fourth-order valence-electron chi connectivity index (χ4n) is 7.20. The van der Waals surface area contributed by atoms with Crippen LogP contribution in [0.5, 0.6) is 5.75 Å². The smallest absolute Gasteiger partial charge is 0.255 e. The molecule has 10 heteroatoms. The monoisotopic (exact) mass is 554 g/mol. The van der Waals surface area contributed by atoms with Crippen LogP contribution in [0.15, 0.2) is 67.3 Å². The topological polar surface area (TPSA) is 141 Å². The van der Waals surface area contributed by atoms with Gasteiger partial charge in [0.25, 0.3) is 11.1 Å². The van der Waals surface area contributed by atoms with Gasteiger partial charge in [0.05, 0.1) is 18.0 Å². The number of amides is 1. The number of nitrogens with zero attached hydrogens (tertiary/aromatic N) is 3. The Morgan fingerprint density at radius 3 is 2.71 bits per heavy atom. The number of hydrogen-bond donors (Lipinski definition) is 2. The summed E-state index contributed by atoms with van der Waals surface area (Å²) in [7, 11) is 0. The van der Waals surface area contributed by atoms with Crippen LogP contribution in [-0.2, 0) is 30.8 Å². The molecule has 4 aromatic rings. The highest BCUT2D eigenvalue weighted by molar-refractivity contribution is 5.84. The second-order valence-corrected chi connectivity index (χ2v) is 11.6. The Labute approximate surface area is 234 Å². The zero-order chi connectivity index (χ0) is 28.4. The normalized spacial score (nSPS) is 20.2. The number of carbonyl (C=O) groups excluding carboxylic acids is 1. The second kappa shape index (κ2) is 9.59. The molecule has 3 aliphatic heterocycles. The number of likely N-dealkylation sites (tertiary alicyclic amines) is 1. The van der Waals surface area contributed by atoms with Gasteiger partial charge in [-0.15, -0.1) is 0 Å². The lowest BCUT2D eigenvalue weighted by molar-refractivity contribution is -0.118. The lowest BCUT2D eigenvalue weighted by Gasteiger charge is -2.42. The third-order valence-electron chi connectivity index (χ3n) is 8.86. The lowest BCUT2D eigenvalue weighted by atomic mass is 9.83. The van der Waals surface area contributed by atoms with Crippen LogP contribution in [0.25, 0.3) is 10.9 Å². The minimum Gasteiger partial charge on any atom is -0.502 e. The Kier molecular flexibility index (Phi) is 5.97. The molecule has 6 heterocycles. The van der Waals surface area contributed by atoms with Gasteiger partial charge in [-0.25, -0.2) is 0 Å². The highest BCUT2D eigenvalue weighted by Crippen LogP contribution is 2.37. The molecule has 0 aliphatic carbocycles. The molecule has 10 nitrogen and oxygen atoms in total. The van der Waals surface area contributed by atoms with Crippen molar-refractivity contribution in [3.63, 3.8) is 0 Å². The summed E-state index contributed by atoms with van der Waals surface area (Å²) in [5.41, 5.74) is 7.89. The van der Waals surface area contributed by atoms with Crippen molar-refractivity contribution in [1.82, 2.24) is 14.0 Å². The molecule has 2 bridgehead atoms. The molecule has 210 valence electrons. The van der Waals surface area contributed by atoms with E-state index in [0.29, 0.717) is 31.9 Å². The molecule has 3 atom stereocenters. The molecule has 0 spiro atoms. The van der Waals surface area contributed by atoms with Gasteiger partial charge in [-0.1, -0.05) is 24.3 Å². The van der Waals surface area contributed by atoms with Crippen molar-refractivity contribution in [2.24, 2.45) is 11.7 Å². The van der Waals surface area contributed by atoms with Gasteiger partial charge >= 0.3 is 0 Å². The summed E-state index contributed by atoms with van der Waals surface area (Å²) in [6.07, 6.45) is 1.41. The van der Waals surface area contributed by atoms with Crippen LogP contribution in [0.2, 0.25) is 0 Å². The molecule has 3 aromatic heterocycles. The number of aromatic nitrogens is 2. The Morgan fingerprint density at radius 2 is 1.88 bits per heavy atom. The van der Waals surface area contributed by atoms with Crippen LogP contribution in [-0.4, -0.2) is 38.1 Å². The first-order valence-electron chi connectivity index (χ1n) is 14.0. The number of rotatable bonds is 6. The third kappa shape index (κ3) is 4.30. The quantitative estimate of drug-likeness (QED) is 0.371. The largest absolute Gasteiger partial charge is 0.502 e. The standard InChI is InChI=1S/C31H30N4O6/c32-26(37)12-22(23-10-19-4-1-3-18-7-8-34(28(18)19)31(23)40)30-29(39)25(36)11-21(41-30)16-33-13-17-9-20(15-33)24-5-2-6-27(38)35(24)14-17/h1-6,10-11,17,20,22,39H,7-9,12-16H2,(H2,32,37)/t17-,20+,22-/m1/s1. The van der Waals surface area contributed by atoms with Crippen LogP contribution in [0.4, 0.5) is 0 Å². The Balaban J connectivity index is 1.26. The third-order valence-corrected chi connectivity index (χ3v) is 8.86. The van der Waals surface area contributed by atoms with E-state index in [2.05, 4.69) is 4.90 Å². The number of fused-ring (bicyclic) bond motifs is 4. The second-order valence-electron chi connectivity index (χ2n) is 11.6. The highest BCUT2D eigenvalue weighted by atomic mass is 16.4. The van der Waals surface area contributed by atoms with E-state index in [1.165, 1.54) is 6.07 Å². The van der Waals surface area contributed by atoms with E-state index in [9.17, 15) is 24.3 Å². The Morgan fingerprint density at radius 1 is 1.05 bits per heavy atom. The van der Waals surface area contributed by atoms with Gasteiger partial charge in [0.2, 0.25) is 17.1 Å². The van der Waals surface area contributed by atoms with Crippen molar-refractivity contribution in [3.05, 3.63) is 108 Å². The van der Waals surface area contributed by atoms with Crippen LogP contribution in [0, 0.1) is 5.92 Å². The van der Waals surface area contributed by atoms with E-state index in [-0.39, 0.29) is 40.7 Å². The number of aryl methyl sites for hydroxylation is 2. The van der Waals surface area contributed by atoms with E-state index >= 15 is 0 Å². The predicted molar refractivity (Wildman–Crippen MR) is 151 cm³/mol. The maximum absolute atomic E-state index is 13.7. The van der Waals surface area contributed by atoms with Gasteiger partial charge < -0.3 is 24.4 Å². The number of primary amides is 1. The number of carbonyl (C=O) groups is 1. The molecule has 0 saturated carbocycles. The van der Waals surface area contributed by atoms with E-state index in [4.69, 9.17) is 10.2 Å². The van der Waals surface area contributed by atoms with Crippen molar-refractivity contribution >= 4 is 16.8 Å². The number of piperidine rings is 1. The zero-order valence-electron chi connectivity index (χ0n) is 22.4. The lowest BCUT2D eigenvalue weighted by Crippen LogP contribution is -2.46. The summed E-state index contributed by atoms with van der Waals surface area (Å²) >= 11 is 0. The minimum absolute atomic E-state index is 0.0136. The molecule has 1 aromatic carbocycles. The molecule has 1 saturated heterocycles. The van der Waals surface area contributed by atoms with Crippen molar-refractivity contribution < 1.29 is 14.3 Å². The Bertz CT molecular complexity index is 1900. The zero-order valence-corrected chi connectivity index (χ0v) is 22.4. The summed E-state index contributed by atoms with van der Waals surface area (Å²) in [4.78, 5) is 53.4. The number of hydrogen-bond acceptors (Lipinski definition) is 7. The van der Waals surface area contributed by atoms with Gasteiger partial charge in [-0.05, 0) is 41.8 Å². The number of para-hydroxylation sites is 1. The predicted octanol–water partition coefficient (Wildman–Crippen LogP) is 2.00. The molecule has 0 unspecified atom stereocenters.